The van der Waals surface area contributed by atoms with Crippen LogP contribution < -0.4 is 4.74 Å². The Morgan fingerprint density at radius 2 is 1.94 bits per heavy atom. The summed E-state index contributed by atoms with van der Waals surface area (Å²) < 4.78 is 5.36. The molecule has 1 N–H and O–H groups in total. The van der Waals surface area contributed by atoms with E-state index in [0.717, 1.165) is 23.5 Å². The van der Waals surface area contributed by atoms with Crippen molar-refractivity contribution in [2.24, 2.45) is 0 Å². The summed E-state index contributed by atoms with van der Waals surface area (Å²) in [6.45, 7) is 8.67. The summed E-state index contributed by atoms with van der Waals surface area (Å²) in [4.78, 5) is 30.8. The van der Waals surface area contributed by atoms with Gasteiger partial charge in [0.1, 0.15) is 11.5 Å². The molecule has 1 amide bonds. The van der Waals surface area contributed by atoms with Crippen molar-refractivity contribution in [2.75, 3.05) is 33.3 Å². The summed E-state index contributed by atoms with van der Waals surface area (Å²) in [5.74, 6) is -1.54. The zero-order valence-corrected chi connectivity index (χ0v) is 20.8. The van der Waals surface area contributed by atoms with Gasteiger partial charge in [0.15, 0.2) is 0 Å². The van der Waals surface area contributed by atoms with Crippen molar-refractivity contribution in [3.05, 3.63) is 55.2 Å². The first-order valence-electron chi connectivity index (χ1n) is 10.3. The molecule has 0 spiro atoms. The zero-order chi connectivity index (χ0) is 23.6. The minimum Gasteiger partial charge on any atom is -0.507 e. The molecule has 1 aromatic heterocycles. The van der Waals surface area contributed by atoms with E-state index in [0.29, 0.717) is 13.1 Å². The number of ketones is 1. The van der Waals surface area contributed by atoms with Gasteiger partial charge in [0.2, 0.25) is 0 Å². The number of ether oxygens (including phenoxy) is 1. The second kappa shape index (κ2) is 10.3. The van der Waals surface area contributed by atoms with Crippen LogP contribution in [0, 0.1) is 6.92 Å². The molecule has 1 saturated heterocycles. The SMILES string of the molecule is CCN(CC)CCN1C(=O)C(=O)/C(=C(/O)c2cc(Cl)cc(Cl)c2OC)C1c1sccc1C. The van der Waals surface area contributed by atoms with Gasteiger partial charge in [-0.25, -0.2) is 0 Å². The van der Waals surface area contributed by atoms with Gasteiger partial charge >= 0.3 is 0 Å². The van der Waals surface area contributed by atoms with Crippen molar-refractivity contribution in [2.45, 2.75) is 26.8 Å². The summed E-state index contributed by atoms with van der Waals surface area (Å²) in [5.41, 5.74) is 1.12. The molecule has 0 aliphatic carbocycles. The van der Waals surface area contributed by atoms with Gasteiger partial charge in [-0.3, -0.25) is 9.59 Å². The molecule has 1 fully saturated rings. The fraction of sp³-hybridized carbons (Fsp3) is 0.391. The Morgan fingerprint density at radius 3 is 2.50 bits per heavy atom. The molecule has 1 unspecified atom stereocenters. The normalized spacial score (nSPS) is 18.1. The number of amides is 1. The average Bonchev–Trinajstić information content (AvgIpc) is 3.28. The number of halogens is 2. The van der Waals surface area contributed by atoms with Crippen LogP contribution in [0.4, 0.5) is 0 Å². The fourth-order valence-corrected chi connectivity index (χ4v) is 5.54. The zero-order valence-electron chi connectivity index (χ0n) is 18.4. The van der Waals surface area contributed by atoms with Gasteiger partial charge in [0.05, 0.1) is 29.3 Å². The Labute approximate surface area is 202 Å². The van der Waals surface area contributed by atoms with Gasteiger partial charge < -0.3 is 19.6 Å². The number of rotatable bonds is 8. The third-order valence-corrected chi connectivity index (χ3v) is 7.28. The number of carbonyl (C=O) groups excluding carboxylic acids is 2. The van der Waals surface area contributed by atoms with Gasteiger partial charge in [0.25, 0.3) is 11.7 Å². The lowest BCUT2D eigenvalue weighted by atomic mass is 9.98. The molecule has 1 aliphatic heterocycles. The second-order valence-corrected chi connectivity index (χ2v) is 9.25. The third-order valence-electron chi connectivity index (χ3n) is 5.71. The Morgan fingerprint density at radius 1 is 1.25 bits per heavy atom. The summed E-state index contributed by atoms with van der Waals surface area (Å²) in [6.07, 6.45) is 0. The van der Waals surface area contributed by atoms with E-state index in [-0.39, 0.29) is 32.7 Å². The number of methoxy groups -OCH3 is 1. The summed E-state index contributed by atoms with van der Waals surface area (Å²) in [5, 5.41) is 13.7. The number of hydrogen-bond acceptors (Lipinski definition) is 6. The number of hydrogen-bond donors (Lipinski definition) is 1. The van der Waals surface area contributed by atoms with Gasteiger partial charge in [0, 0.05) is 23.0 Å². The van der Waals surface area contributed by atoms with Crippen LogP contribution in [0.1, 0.15) is 35.9 Å². The van der Waals surface area contributed by atoms with E-state index >= 15 is 0 Å². The highest BCUT2D eigenvalue weighted by Gasteiger charge is 2.47. The number of likely N-dealkylation sites (N-methyl/N-ethyl adjacent to an activating group) is 1. The number of Topliss-reactive ketones (excluding diaryl/α,β-unsaturated/α-hetero) is 1. The molecule has 2 aromatic rings. The first-order chi connectivity index (χ1) is 15.2. The highest BCUT2D eigenvalue weighted by Crippen LogP contribution is 2.45. The lowest BCUT2D eigenvalue weighted by molar-refractivity contribution is -0.140. The van der Waals surface area contributed by atoms with Gasteiger partial charge in [-0.15, -0.1) is 11.3 Å². The summed E-state index contributed by atoms with van der Waals surface area (Å²) in [7, 11) is 1.41. The van der Waals surface area contributed by atoms with Crippen LogP contribution in [0.2, 0.25) is 10.0 Å². The van der Waals surface area contributed by atoms with E-state index in [1.807, 2.05) is 32.2 Å². The molecular weight excluding hydrogens is 471 g/mol. The topological polar surface area (TPSA) is 70.1 Å². The van der Waals surface area contributed by atoms with E-state index in [4.69, 9.17) is 27.9 Å². The third kappa shape index (κ3) is 4.53. The van der Waals surface area contributed by atoms with Crippen molar-refractivity contribution in [1.29, 1.82) is 0 Å². The van der Waals surface area contributed by atoms with Crippen LogP contribution in [-0.2, 0) is 9.59 Å². The summed E-state index contributed by atoms with van der Waals surface area (Å²) in [6, 6.07) is 4.19. The molecular formula is C23H26Cl2N2O4S. The number of likely N-dealkylation sites (tertiary alicyclic amines) is 1. The number of carbonyl (C=O) groups is 2. The van der Waals surface area contributed by atoms with Crippen molar-refractivity contribution < 1.29 is 19.4 Å². The molecule has 3 rings (SSSR count). The van der Waals surface area contributed by atoms with Crippen molar-refractivity contribution in [3.63, 3.8) is 0 Å². The molecule has 0 radical (unpaired) electrons. The van der Waals surface area contributed by atoms with Crippen LogP contribution in [0.3, 0.4) is 0 Å². The van der Waals surface area contributed by atoms with E-state index < -0.39 is 17.7 Å². The van der Waals surface area contributed by atoms with Crippen LogP contribution in [0.5, 0.6) is 5.75 Å². The van der Waals surface area contributed by atoms with Crippen LogP contribution in [0.15, 0.2) is 29.2 Å². The Bertz CT molecular complexity index is 1060. The van der Waals surface area contributed by atoms with Gasteiger partial charge in [-0.2, -0.15) is 0 Å². The molecule has 1 atom stereocenters. The van der Waals surface area contributed by atoms with Gasteiger partial charge in [-0.05, 0) is 49.2 Å². The van der Waals surface area contributed by atoms with Crippen molar-refractivity contribution in [3.8, 4) is 5.75 Å². The smallest absolute Gasteiger partial charge is 0.295 e. The Hall–Kier alpha value is -2.06. The van der Waals surface area contributed by atoms with Crippen LogP contribution in [-0.4, -0.2) is 59.9 Å². The first-order valence-corrected chi connectivity index (χ1v) is 12.0. The predicted octanol–water partition coefficient (Wildman–Crippen LogP) is 5.14. The summed E-state index contributed by atoms with van der Waals surface area (Å²) >= 11 is 13.9. The minimum atomic E-state index is -0.738. The van der Waals surface area contributed by atoms with Crippen LogP contribution in [0.25, 0.3) is 5.76 Å². The van der Waals surface area contributed by atoms with E-state index in [2.05, 4.69) is 4.90 Å². The predicted molar refractivity (Wildman–Crippen MR) is 129 cm³/mol. The molecule has 1 aromatic carbocycles. The Balaban J connectivity index is 2.18. The molecule has 172 valence electrons. The Kier molecular flexibility index (Phi) is 7.88. The number of thiophene rings is 1. The highest BCUT2D eigenvalue weighted by atomic mass is 35.5. The number of aliphatic hydroxyl groups excluding tert-OH is 1. The highest BCUT2D eigenvalue weighted by molar-refractivity contribution is 7.10. The molecule has 0 bridgehead atoms. The molecule has 32 heavy (non-hydrogen) atoms. The second-order valence-electron chi connectivity index (χ2n) is 7.46. The van der Waals surface area contributed by atoms with E-state index in [1.54, 1.807) is 4.90 Å². The van der Waals surface area contributed by atoms with Crippen LogP contribution >= 0.6 is 34.5 Å². The number of aryl methyl sites for hydroxylation is 1. The lowest BCUT2D eigenvalue weighted by Gasteiger charge is -2.28. The molecule has 1 aliphatic rings. The standard InChI is InChI=1S/C23H26Cl2N2O4S/c1-5-26(6-2)8-9-27-18(22-13(3)7-10-32-22)17(20(29)23(27)30)19(28)15-11-14(24)12-16(25)21(15)31-4/h7,10-12,18,28H,5-6,8-9H2,1-4H3/b19-17+. The van der Waals surface area contributed by atoms with Gasteiger partial charge in [-0.1, -0.05) is 37.0 Å². The largest absolute Gasteiger partial charge is 0.507 e. The average molecular weight is 497 g/mol. The quantitative estimate of drug-likeness (QED) is 0.311. The number of benzene rings is 1. The number of aliphatic hydroxyl groups is 1. The molecule has 9 heteroatoms. The lowest BCUT2D eigenvalue weighted by Crippen LogP contribution is -2.37. The molecule has 6 nitrogen and oxygen atoms in total. The fourth-order valence-electron chi connectivity index (χ4n) is 3.93. The minimum absolute atomic E-state index is 0.0109. The van der Waals surface area contributed by atoms with E-state index in [9.17, 15) is 14.7 Å². The monoisotopic (exact) mass is 496 g/mol. The maximum absolute atomic E-state index is 13.2. The van der Waals surface area contributed by atoms with E-state index in [1.165, 1.54) is 30.6 Å². The maximum Gasteiger partial charge on any atom is 0.295 e. The first kappa shape index (κ1) is 24.6. The number of nitrogens with zero attached hydrogens (tertiary/aromatic N) is 2. The molecule has 2 heterocycles. The maximum atomic E-state index is 13.2. The van der Waals surface area contributed by atoms with Crippen molar-refractivity contribution >= 4 is 52.0 Å². The molecule has 0 saturated carbocycles. The van der Waals surface area contributed by atoms with Crippen molar-refractivity contribution in [1.82, 2.24) is 9.80 Å².